The Labute approximate surface area is 199 Å². The molecule has 4 rings (SSSR count). The van der Waals surface area contributed by atoms with Gasteiger partial charge in [0.25, 0.3) is 0 Å². The highest BCUT2D eigenvalue weighted by molar-refractivity contribution is 6.35. The highest BCUT2D eigenvalue weighted by atomic mass is 35.5. The normalized spacial score (nSPS) is 22.4. The second-order valence-corrected chi connectivity index (χ2v) is 9.98. The molecule has 1 saturated carbocycles. The largest absolute Gasteiger partial charge is 0.334 e. The van der Waals surface area contributed by atoms with Crippen molar-refractivity contribution in [2.75, 3.05) is 18.4 Å². The average molecular weight is 481 g/mol. The van der Waals surface area contributed by atoms with Crippen LogP contribution in [-0.4, -0.2) is 36.1 Å². The number of carbonyl (C=O) groups is 1. The predicted octanol–water partition coefficient (Wildman–Crippen LogP) is 6.64. The van der Waals surface area contributed by atoms with Gasteiger partial charge in [0, 0.05) is 32.8 Å². The molecule has 0 aromatic heterocycles. The van der Waals surface area contributed by atoms with Crippen molar-refractivity contribution in [3.8, 4) is 0 Å². The van der Waals surface area contributed by atoms with E-state index >= 15 is 0 Å². The summed E-state index contributed by atoms with van der Waals surface area (Å²) in [5, 5.41) is 7.84. The summed E-state index contributed by atoms with van der Waals surface area (Å²) in [5.74, 6) is 0.709. The fourth-order valence-corrected chi connectivity index (χ4v) is 5.60. The first-order valence-electron chi connectivity index (χ1n) is 11.0. The fourth-order valence-electron chi connectivity index (χ4n) is 4.95. The molecule has 2 fully saturated rings. The summed E-state index contributed by atoms with van der Waals surface area (Å²) in [6, 6.07) is 13.6. The van der Waals surface area contributed by atoms with Crippen LogP contribution in [0.4, 0.5) is 10.5 Å². The zero-order chi connectivity index (χ0) is 21.8. The maximum atomic E-state index is 12.6. The molecular weight excluding hydrogens is 453 g/mol. The molecule has 2 unspecified atom stereocenters. The maximum Gasteiger partial charge on any atom is 0.319 e. The highest BCUT2D eigenvalue weighted by Gasteiger charge is 2.35. The molecule has 0 bridgehead atoms. The summed E-state index contributed by atoms with van der Waals surface area (Å²) in [7, 11) is 0. The van der Waals surface area contributed by atoms with Crippen LogP contribution in [0.15, 0.2) is 42.5 Å². The van der Waals surface area contributed by atoms with Crippen molar-refractivity contribution >= 4 is 46.5 Å². The van der Waals surface area contributed by atoms with E-state index in [1.54, 1.807) is 18.2 Å². The molecule has 2 amide bonds. The smallest absolute Gasteiger partial charge is 0.319 e. The van der Waals surface area contributed by atoms with Crippen LogP contribution >= 0.6 is 34.8 Å². The monoisotopic (exact) mass is 479 g/mol. The number of likely N-dealkylation sites (tertiary alicyclic amines) is 1. The molecule has 166 valence electrons. The zero-order valence-electron chi connectivity index (χ0n) is 17.4. The van der Waals surface area contributed by atoms with E-state index in [1.165, 1.54) is 18.4 Å². The van der Waals surface area contributed by atoms with Crippen LogP contribution in [0.2, 0.25) is 15.1 Å². The lowest BCUT2D eigenvalue weighted by Gasteiger charge is -2.38. The maximum absolute atomic E-state index is 12.6. The molecule has 4 nitrogen and oxygen atoms in total. The molecule has 31 heavy (non-hydrogen) atoms. The van der Waals surface area contributed by atoms with Gasteiger partial charge in [0.15, 0.2) is 0 Å². The van der Waals surface area contributed by atoms with Crippen LogP contribution < -0.4 is 10.6 Å². The molecule has 1 heterocycles. The van der Waals surface area contributed by atoms with E-state index in [9.17, 15) is 4.79 Å². The van der Waals surface area contributed by atoms with Crippen molar-refractivity contribution in [3.05, 3.63) is 63.1 Å². The Morgan fingerprint density at radius 3 is 2.26 bits per heavy atom. The molecule has 2 aromatic carbocycles. The number of halogens is 3. The molecule has 0 radical (unpaired) electrons. The van der Waals surface area contributed by atoms with Crippen molar-refractivity contribution in [3.63, 3.8) is 0 Å². The number of piperidine rings is 1. The van der Waals surface area contributed by atoms with Crippen LogP contribution in [0.3, 0.4) is 0 Å². The van der Waals surface area contributed by atoms with Gasteiger partial charge in [-0.1, -0.05) is 46.9 Å². The Morgan fingerprint density at radius 2 is 1.58 bits per heavy atom. The summed E-state index contributed by atoms with van der Waals surface area (Å²) in [6.07, 6.45) is 6.79. The first-order valence-corrected chi connectivity index (χ1v) is 12.1. The number of benzene rings is 2. The van der Waals surface area contributed by atoms with Gasteiger partial charge >= 0.3 is 6.03 Å². The van der Waals surface area contributed by atoms with Gasteiger partial charge in [0.2, 0.25) is 0 Å². The molecule has 7 heteroatoms. The molecule has 2 aromatic rings. The Bertz CT molecular complexity index is 877. The number of nitrogens with one attached hydrogen (secondary N) is 2. The van der Waals surface area contributed by atoms with Crippen LogP contribution in [0.25, 0.3) is 0 Å². The van der Waals surface area contributed by atoms with E-state index < -0.39 is 0 Å². The SMILES string of the molecule is O=C(Nc1cc(Cl)cc(Cl)c1)NC1CCCC1N1CCC(Cc2ccc(Cl)cc2)CC1. The van der Waals surface area contributed by atoms with E-state index in [0.29, 0.717) is 27.7 Å². The second kappa shape index (κ2) is 10.4. The van der Waals surface area contributed by atoms with E-state index in [4.69, 9.17) is 34.8 Å². The Kier molecular flexibility index (Phi) is 7.65. The fraction of sp³-hybridized carbons (Fsp3) is 0.458. The Morgan fingerprint density at radius 1 is 0.903 bits per heavy atom. The van der Waals surface area contributed by atoms with Crippen molar-refractivity contribution in [2.45, 2.75) is 50.6 Å². The van der Waals surface area contributed by atoms with Gasteiger partial charge in [0.1, 0.15) is 0 Å². The topological polar surface area (TPSA) is 44.4 Å². The first kappa shape index (κ1) is 22.7. The minimum Gasteiger partial charge on any atom is -0.334 e. The van der Waals surface area contributed by atoms with Gasteiger partial charge < -0.3 is 10.6 Å². The molecule has 1 aliphatic carbocycles. The number of anilines is 1. The number of urea groups is 1. The molecule has 1 saturated heterocycles. The van der Waals surface area contributed by atoms with Gasteiger partial charge in [-0.05, 0) is 93.4 Å². The van der Waals surface area contributed by atoms with Crippen LogP contribution in [0.5, 0.6) is 0 Å². The molecule has 1 aliphatic heterocycles. The van der Waals surface area contributed by atoms with Gasteiger partial charge in [-0.15, -0.1) is 0 Å². The van der Waals surface area contributed by atoms with E-state index in [0.717, 1.165) is 43.8 Å². The van der Waals surface area contributed by atoms with E-state index in [1.807, 2.05) is 12.1 Å². The summed E-state index contributed by atoms with van der Waals surface area (Å²) in [4.78, 5) is 15.1. The van der Waals surface area contributed by atoms with E-state index in [-0.39, 0.29) is 12.1 Å². The summed E-state index contributed by atoms with van der Waals surface area (Å²) in [5.41, 5.74) is 1.97. The number of nitrogens with zero attached hydrogens (tertiary/aromatic N) is 1. The number of hydrogen-bond acceptors (Lipinski definition) is 2. The summed E-state index contributed by atoms with van der Waals surface area (Å²) >= 11 is 18.1. The lowest BCUT2D eigenvalue weighted by atomic mass is 9.89. The van der Waals surface area contributed by atoms with Crippen molar-refractivity contribution in [1.82, 2.24) is 10.2 Å². The Balaban J connectivity index is 1.27. The number of hydrogen-bond donors (Lipinski definition) is 2. The lowest BCUT2D eigenvalue weighted by molar-refractivity contribution is 0.119. The standard InChI is InChI=1S/C24H28Cl3N3O/c25-18-6-4-16(5-7-18)12-17-8-10-30(11-9-17)23-3-1-2-22(23)29-24(31)28-21-14-19(26)13-20(27)15-21/h4-7,13-15,17,22-23H,1-3,8-12H2,(H2,28,29,31). The zero-order valence-corrected chi connectivity index (χ0v) is 19.7. The van der Waals surface area contributed by atoms with Gasteiger partial charge in [0.05, 0.1) is 0 Å². The predicted molar refractivity (Wildman–Crippen MR) is 129 cm³/mol. The minimum absolute atomic E-state index is 0.169. The number of carbonyl (C=O) groups excluding carboxylic acids is 1. The van der Waals surface area contributed by atoms with Gasteiger partial charge in [-0.25, -0.2) is 4.79 Å². The first-order chi connectivity index (χ1) is 15.0. The van der Waals surface area contributed by atoms with Crippen molar-refractivity contribution in [1.29, 1.82) is 0 Å². The molecule has 2 aliphatic rings. The van der Waals surface area contributed by atoms with Crippen LogP contribution in [0, 0.1) is 5.92 Å². The quantitative estimate of drug-likeness (QED) is 0.503. The van der Waals surface area contributed by atoms with Gasteiger partial charge in [-0.2, -0.15) is 0 Å². The molecule has 2 N–H and O–H groups in total. The minimum atomic E-state index is -0.201. The molecule has 2 atom stereocenters. The highest BCUT2D eigenvalue weighted by Crippen LogP contribution is 2.30. The van der Waals surface area contributed by atoms with Crippen LogP contribution in [0.1, 0.15) is 37.7 Å². The third kappa shape index (κ3) is 6.29. The third-order valence-corrected chi connectivity index (χ3v) is 7.16. The van der Waals surface area contributed by atoms with Gasteiger partial charge in [-0.3, -0.25) is 4.90 Å². The van der Waals surface area contributed by atoms with Crippen molar-refractivity contribution in [2.24, 2.45) is 5.92 Å². The Hall–Kier alpha value is -1.46. The van der Waals surface area contributed by atoms with Crippen molar-refractivity contribution < 1.29 is 4.79 Å². The lowest BCUT2D eigenvalue weighted by Crippen LogP contribution is -2.52. The second-order valence-electron chi connectivity index (χ2n) is 8.67. The summed E-state index contributed by atoms with van der Waals surface area (Å²) < 4.78 is 0. The third-order valence-electron chi connectivity index (χ3n) is 6.47. The number of rotatable bonds is 5. The average Bonchev–Trinajstić information content (AvgIpc) is 3.17. The van der Waals surface area contributed by atoms with E-state index in [2.05, 4.69) is 27.7 Å². The number of amides is 2. The molecular formula is C24H28Cl3N3O. The molecule has 0 spiro atoms. The summed E-state index contributed by atoms with van der Waals surface area (Å²) in [6.45, 7) is 2.18. The van der Waals surface area contributed by atoms with Crippen LogP contribution in [-0.2, 0) is 6.42 Å².